The predicted octanol–water partition coefficient (Wildman–Crippen LogP) is 3.78. The number of nitrogens with one attached hydrogen (secondary N) is 2. The van der Waals surface area contributed by atoms with Gasteiger partial charge >= 0.3 is 6.18 Å². The predicted molar refractivity (Wildman–Crippen MR) is 96.5 cm³/mol. The molecule has 29 heavy (non-hydrogen) atoms. The van der Waals surface area contributed by atoms with Gasteiger partial charge in [-0.3, -0.25) is 9.52 Å². The molecule has 0 fully saturated rings. The molecule has 0 aliphatic carbocycles. The number of carbonyl (C=O) groups is 1. The molecule has 0 bridgehead atoms. The van der Waals surface area contributed by atoms with Crippen molar-refractivity contribution in [2.45, 2.75) is 25.6 Å². The first kappa shape index (κ1) is 22.6. The van der Waals surface area contributed by atoms with Crippen molar-refractivity contribution in [3.63, 3.8) is 0 Å². The van der Waals surface area contributed by atoms with Gasteiger partial charge < -0.3 is 5.32 Å². The van der Waals surface area contributed by atoms with Gasteiger partial charge in [0.25, 0.3) is 0 Å². The van der Waals surface area contributed by atoms with Crippen molar-refractivity contribution >= 4 is 21.6 Å². The van der Waals surface area contributed by atoms with E-state index in [4.69, 9.17) is 0 Å². The molecule has 158 valence electrons. The highest BCUT2D eigenvalue weighted by Gasteiger charge is 2.31. The van der Waals surface area contributed by atoms with Gasteiger partial charge in [0, 0.05) is 12.1 Å². The summed E-state index contributed by atoms with van der Waals surface area (Å²) in [5, 5.41) is 2.37. The molecule has 1 unspecified atom stereocenters. The van der Waals surface area contributed by atoms with Crippen LogP contribution in [0.5, 0.6) is 0 Å². The van der Waals surface area contributed by atoms with Gasteiger partial charge in [0.1, 0.15) is 11.6 Å². The summed E-state index contributed by atoms with van der Waals surface area (Å²) < 4.78 is 89.9. The van der Waals surface area contributed by atoms with Crippen LogP contribution in [-0.2, 0) is 27.5 Å². The van der Waals surface area contributed by atoms with E-state index in [9.17, 15) is 35.2 Å². The molecule has 0 aliphatic rings. The van der Waals surface area contributed by atoms with Gasteiger partial charge in [0.2, 0.25) is 15.9 Å². The van der Waals surface area contributed by atoms with Crippen LogP contribution in [-0.4, -0.2) is 20.6 Å². The summed E-state index contributed by atoms with van der Waals surface area (Å²) in [6, 6.07) is 5.46. The monoisotopic (exact) mass is 436 g/mol. The minimum atomic E-state index is -4.68. The smallest absolute Gasteiger partial charge is 0.351 e. The maximum absolute atomic E-state index is 14.0. The zero-order valence-electron chi connectivity index (χ0n) is 15.3. The van der Waals surface area contributed by atoms with Gasteiger partial charge in [0.05, 0.1) is 23.4 Å². The zero-order valence-corrected chi connectivity index (χ0v) is 16.1. The van der Waals surface area contributed by atoms with Gasteiger partial charge in [-0.25, -0.2) is 17.2 Å². The molecule has 2 N–H and O–H groups in total. The number of amides is 1. The standard InChI is InChI=1S/C18H17F5N2O3S/c1-10(11-4-6-16(15(20)7-11)25-29(2,27)28)17(26)24-9-12-3-5-13(8-14(12)19)18(21,22)23/h3-8,10,25H,9H2,1-2H3,(H,24,26). The topological polar surface area (TPSA) is 75.3 Å². The van der Waals surface area contributed by atoms with E-state index in [-0.39, 0.29) is 23.4 Å². The summed E-state index contributed by atoms with van der Waals surface area (Å²) in [6.45, 7) is 1.08. The molecule has 0 spiro atoms. The van der Waals surface area contributed by atoms with E-state index in [1.54, 1.807) is 0 Å². The minimum absolute atomic E-state index is 0.141. The Morgan fingerprint density at radius 3 is 2.24 bits per heavy atom. The number of hydrogen-bond acceptors (Lipinski definition) is 3. The average Bonchev–Trinajstić information content (AvgIpc) is 2.59. The van der Waals surface area contributed by atoms with Crippen LogP contribution in [0, 0.1) is 11.6 Å². The number of carbonyl (C=O) groups excluding carboxylic acids is 1. The highest BCUT2D eigenvalue weighted by atomic mass is 32.2. The summed E-state index contributed by atoms with van der Waals surface area (Å²) in [6.07, 6.45) is -3.82. The number of halogens is 5. The molecule has 0 aliphatic heterocycles. The summed E-state index contributed by atoms with van der Waals surface area (Å²) in [5.74, 6) is -3.50. The first-order chi connectivity index (χ1) is 13.3. The molecule has 1 amide bonds. The Bertz CT molecular complexity index is 1020. The number of sulfonamides is 1. The number of alkyl halides is 3. The summed E-state index contributed by atoms with van der Waals surface area (Å²) in [4.78, 5) is 12.2. The van der Waals surface area contributed by atoms with E-state index < -0.39 is 45.2 Å². The van der Waals surface area contributed by atoms with Crippen molar-refractivity contribution in [1.29, 1.82) is 0 Å². The van der Waals surface area contributed by atoms with E-state index in [1.807, 2.05) is 4.72 Å². The number of anilines is 1. The molecule has 0 radical (unpaired) electrons. The normalized spacial score (nSPS) is 13.1. The lowest BCUT2D eigenvalue weighted by molar-refractivity contribution is -0.137. The van der Waals surface area contributed by atoms with Gasteiger partial charge in [-0.15, -0.1) is 0 Å². The molecule has 2 rings (SSSR count). The van der Waals surface area contributed by atoms with E-state index in [0.29, 0.717) is 12.1 Å². The lowest BCUT2D eigenvalue weighted by Gasteiger charge is -2.15. The van der Waals surface area contributed by atoms with Gasteiger partial charge in [-0.1, -0.05) is 12.1 Å². The van der Waals surface area contributed by atoms with Crippen LogP contribution in [0.3, 0.4) is 0 Å². The summed E-state index contributed by atoms with van der Waals surface area (Å²) >= 11 is 0. The Labute approximate surface area is 164 Å². The van der Waals surface area contributed by atoms with Crippen LogP contribution >= 0.6 is 0 Å². The van der Waals surface area contributed by atoms with Gasteiger partial charge in [-0.2, -0.15) is 13.2 Å². The third-order valence-electron chi connectivity index (χ3n) is 4.02. The highest BCUT2D eigenvalue weighted by molar-refractivity contribution is 7.92. The van der Waals surface area contributed by atoms with Crippen LogP contribution in [0.15, 0.2) is 36.4 Å². The second kappa shape index (κ2) is 8.36. The fraction of sp³-hybridized carbons (Fsp3) is 0.278. The quantitative estimate of drug-likeness (QED) is 0.677. The molecular formula is C18H17F5N2O3S. The van der Waals surface area contributed by atoms with Crippen molar-refractivity contribution in [3.05, 3.63) is 64.7 Å². The molecule has 0 aromatic heterocycles. The lowest BCUT2D eigenvalue weighted by atomic mass is 9.99. The molecule has 11 heteroatoms. The Morgan fingerprint density at radius 1 is 1.07 bits per heavy atom. The lowest BCUT2D eigenvalue weighted by Crippen LogP contribution is -2.28. The molecule has 2 aromatic carbocycles. The van der Waals surface area contributed by atoms with Crippen LogP contribution in [0.4, 0.5) is 27.6 Å². The van der Waals surface area contributed by atoms with E-state index in [2.05, 4.69) is 5.32 Å². The zero-order chi connectivity index (χ0) is 22.0. The van der Waals surface area contributed by atoms with Crippen molar-refractivity contribution in [1.82, 2.24) is 5.32 Å². The molecule has 0 saturated heterocycles. The molecule has 0 saturated carbocycles. The largest absolute Gasteiger partial charge is 0.416 e. The van der Waals surface area contributed by atoms with Gasteiger partial charge in [-0.05, 0) is 36.8 Å². The fourth-order valence-corrected chi connectivity index (χ4v) is 3.00. The maximum atomic E-state index is 14.0. The fourth-order valence-electron chi connectivity index (χ4n) is 2.44. The SMILES string of the molecule is CC(C(=O)NCc1ccc(C(F)(F)F)cc1F)c1ccc(NS(C)(=O)=O)c(F)c1. The van der Waals surface area contributed by atoms with Crippen LogP contribution in [0.2, 0.25) is 0 Å². The van der Waals surface area contributed by atoms with Crippen LogP contribution in [0.1, 0.15) is 29.5 Å². The number of rotatable bonds is 6. The summed E-state index contributed by atoms with van der Waals surface area (Å²) in [5.41, 5.74) is -1.34. The molecule has 0 heterocycles. The highest BCUT2D eigenvalue weighted by Crippen LogP contribution is 2.30. The Balaban J connectivity index is 2.07. The molecular weight excluding hydrogens is 419 g/mol. The van der Waals surface area contributed by atoms with E-state index in [1.165, 1.54) is 13.0 Å². The summed E-state index contributed by atoms with van der Waals surface area (Å²) in [7, 11) is -3.68. The van der Waals surface area contributed by atoms with Crippen LogP contribution < -0.4 is 10.0 Å². The molecule has 5 nitrogen and oxygen atoms in total. The molecule has 2 aromatic rings. The van der Waals surface area contributed by atoms with E-state index in [0.717, 1.165) is 24.5 Å². The first-order valence-electron chi connectivity index (χ1n) is 8.18. The maximum Gasteiger partial charge on any atom is 0.416 e. The van der Waals surface area contributed by atoms with Crippen molar-refractivity contribution in [2.24, 2.45) is 0 Å². The Morgan fingerprint density at radius 2 is 1.72 bits per heavy atom. The van der Waals surface area contributed by atoms with Crippen molar-refractivity contribution in [2.75, 3.05) is 11.0 Å². The van der Waals surface area contributed by atoms with Gasteiger partial charge in [0.15, 0.2) is 0 Å². The van der Waals surface area contributed by atoms with Crippen molar-refractivity contribution < 1.29 is 35.2 Å². The average molecular weight is 436 g/mol. The Hall–Kier alpha value is -2.69. The molecule has 1 atom stereocenters. The van der Waals surface area contributed by atoms with Crippen molar-refractivity contribution in [3.8, 4) is 0 Å². The second-order valence-electron chi connectivity index (χ2n) is 6.36. The third kappa shape index (κ3) is 6.14. The first-order valence-corrected chi connectivity index (χ1v) is 10.1. The van der Waals surface area contributed by atoms with E-state index >= 15 is 0 Å². The number of hydrogen-bond donors (Lipinski definition) is 2. The van der Waals surface area contributed by atoms with Crippen LogP contribution in [0.25, 0.3) is 0 Å². The minimum Gasteiger partial charge on any atom is -0.351 e. The Kier molecular flexibility index (Phi) is 6.51. The number of benzene rings is 2. The third-order valence-corrected chi connectivity index (χ3v) is 4.61. The second-order valence-corrected chi connectivity index (χ2v) is 8.11.